The third-order valence-electron chi connectivity index (χ3n) is 2.80. The normalized spacial score (nSPS) is 11.3. The fourth-order valence-corrected chi connectivity index (χ4v) is 1.81. The summed E-state index contributed by atoms with van der Waals surface area (Å²) in [6.45, 7) is 0. The summed E-state index contributed by atoms with van der Waals surface area (Å²) in [6.07, 6.45) is -3.20. The molecule has 2 nitrogen and oxygen atoms in total. The Bertz CT molecular complexity index is 545. The number of alkyl halides is 3. The molecule has 106 valence electrons. The van der Waals surface area contributed by atoms with Gasteiger partial charge in [0.15, 0.2) is 0 Å². The Morgan fingerprint density at radius 3 is 1.70 bits per heavy atom. The summed E-state index contributed by atoms with van der Waals surface area (Å²) in [5.74, 6) is -0.00622. The van der Waals surface area contributed by atoms with Crippen LogP contribution in [0.3, 0.4) is 0 Å². The second kappa shape index (κ2) is 5.86. The molecule has 5 heteroatoms. The summed E-state index contributed by atoms with van der Waals surface area (Å²) in [4.78, 5) is 0. The average molecular weight is 282 g/mol. The Morgan fingerprint density at radius 1 is 0.800 bits per heavy atom. The van der Waals surface area contributed by atoms with E-state index in [-0.39, 0.29) is 11.5 Å². The molecule has 1 N–H and O–H groups in total. The van der Waals surface area contributed by atoms with Crippen LogP contribution in [0.25, 0.3) is 0 Å². The first kappa shape index (κ1) is 14.2. The summed E-state index contributed by atoms with van der Waals surface area (Å²) in [7, 11) is 0. The zero-order valence-corrected chi connectivity index (χ0v) is 10.5. The molecule has 0 heterocycles. The average Bonchev–Trinajstić information content (AvgIpc) is 2.38. The van der Waals surface area contributed by atoms with Gasteiger partial charge in [-0.3, -0.25) is 0 Å². The van der Waals surface area contributed by atoms with Crippen LogP contribution in [0.4, 0.5) is 13.2 Å². The number of phenols is 1. The van der Waals surface area contributed by atoms with Gasteiger partial charge < -0.3 is 9.84 Å². The number of phenolic OH excluding ortho intramolecular Hbond substituents is 1. The van der Waals surface area contributed by atoms with Gasteiger partial charge in [0.1, 0.15) is 11.5 Å². The molecule has 2 aromatic carbocycles. The number of halogens is 3. The van der Waals surface area contributed by atoms with E-state index in [1.807, 2.05) is 12.1 Å². The fraction of sp³-hybridized carbons (Fsp3) is 0.200. The minimum Gasteiger partial charge on any atom is -0.508 e. The standard InChI is InChI=1S/C15H13F3O2/c16-15(17,18)20-14-9-5-12(6-10-14)2-1-11-3-7-13(19)8-4-11/h3-10,19H,1-2H2. The largest absolute Gasteiger partial charge is 0.573 e. The maximum Gasteiger partial charge on any atom is 0.573 e. The summed E-state index contributed by atoms with van der Waals surface area (Å²) in [5.41, 5.74) is 1.98. The van der Waals surface area contributed by atoms with Gasteiger partial charge in [0, 0.05) is 0 Å². The topological polar surface area (TPSA) is 29.5 Å². The van der Waals surface area contributed by atoms with E-state index < -0.39 is 6.36 Å². The van der Waals surface area contributed by atoms with Crippen LogP contribution in [0.5, 0.6) is 11.5 Å². The maximum absolute atomic E-state index is 12.0. The van der Waals surface area contributed by atoms with Crippen LogP contribution < -0.4 is 4.74 Å². The van der Waals surface area contributed by atoms with E-state index in [1.165, 1.54) is 12.1 Å². The van der Waals surface area contributed by atoms with Gasteiger partial charge in [-0.05, 0) is 48.2 Å². The molecule has 0 saturated carbocycles. The quantitative estimate of drug-likeness (QED) is 0.915. The summed E-state index contributed by atoms with van der Waals surface area (Å²) in [6, 6.07) is 12.7. The van der Waals surface area contributed by atoms with Gasteiger partial charge in [-0.15, -0.1) is 13.2 Å². The van der Waals surface area contributed by atoms with Gasteiger partial charge in [0.25, 0.3) is 0 Å². The molecule has 20 heavy (non-hydrogen) atoms. The number of aromatic hydroxyl groups is 1. The lowest BCUT2D eigenvalue weighted by atomic mass is 10.0. The number of aryl methyl sites for hydroxylation is 2. The second-order valence-corrected chi connectivity index (χ2v) is 4.36. The van der Waals surface area contributed by atoms with Crippen molar-refractivity contribution in [2.24, 2.45) is 0 Å². The van der Waals surface area contributed by atoms with Crippen LogP contribution in [-0.4, -0.2) is 11.5 Å². The van der Waals surface area contributed by atoms with Crippen molar-refractivity contribution in [3.63, 3.8) is 0 Å². The SMILES string of the molecule is Oc1ccc(CCc2ccc(OC(F)(F)F)cc2)cc1. The smallest absolute Gasteiger partial charge is 0.508 e. The molecule has 0 fully saturated rings. The van der Waals surface area contributed by atoms with Crippen molar-refractivity contribution in [3.05, 3.63) is 59.7 Å². The van der Waals surface area contributed by atoms with Crippen LogP contribution in [0.2, 0.25) is 0 Å². The van der Waals surface area contributed by atoms with Gasteiger partial charge >= 0.3 is 6.36 Å². The first-order chi connectivity index (χ1) is 9.42. The van der Waals surface area contributed by atoms with E-state index in [4.69, 9.17) is 5.11 Å². The lowest BCUT2D eigenvalue weighted by Crippen LogP contribution is -2.17. The maximum atomic E-state index is 12.0. The van der Waals surface area contributed by atoms with Crippen LogP contribution >= 0.6 is 0 Å². The summed E-state index contributed by atoms with van der Waals surface area (Å²) in [5, 5.41) is 9.16. The second-order valence-electron chi connectivity index (χ2n) is 4.36. The Balaban J connectivity index is 1.92. The molecular weight excluding hydrogens is 269 g/mol. The first-order valence-electron chi connectivity index (χ1n) is 6.05. The molecule has 0 atom stereocenters. The molecule has 0 aliphatic carbocycles. The molecule has 2 aromatic rings. The Labute approximate surface area is 114 Å². The van der Waals surface area contributed by atoms with E-state index in [2.05, 4.69) is 4.74 Å². The van der Waals surface area contributed by atoms with E-state index in [0.29, 0.717) is 6.42 Å². The van der Waals surface area contributed by atoms with Crippen molar-refractivity contribution < 1.29 is 23.0 Å². The summed E-state index contributed by atoms with van der Waals surface area (Å²) >= 11 is 0. The molecule has 0 aliphatic rings. The van der Waals surface area contributed by atoms with Crippen LogP contribution in [-0.2, 0) is 12.8 Å². The van der Waals surface area contributed by atoms with Gasteiger partial charge in [-0.25, -0.2) is 0 Å². The highest BCUT2D eigenvalue weighted by Crippen LogP contribution is 2.23. The minimum atomic E-state index is -4.66. The predicted molar refractivity (Wildman–Crippen MR) is 68.6 cm³/mol. The molecule has 0 unspecified atom stereocenters. The molecule has 2 rings (SSSR count). The molecular formula is C15H13F3O2. The van der Waals surface area contributed by atoms with Gasteiger partial charge in [-0.2, -0.15) is 0 Å². The summed E-state index contributed by atoms with van der Waals surface area (Å²) < 4.78 is 39.8. The Hall–Kier alpha value is -2.17. The van der Waals surface area contributed by atoms with Crippen molar-refractivity contribution in [3.8, 4) is 11.5 Å². The molecule has 0 aliphatic heterocycles. The lowest BCUT2D eigenvalue weighted by molar-refractivity contribution is -0.274. The number of ether oxygens (including phenoxy) is 1. The number of rotatable bonds is 4. The highest BCUT2D eigenvalue weighted by atomic mass is 19.4. The van der Waals surface area contributed by atoms with Crippen molar-refractivity contribution in [2.75, 3.05) is 0 Å². The van der Waals surface area contributed by atoms with E-state index >= 15 is 0 Å². The van der Waals surface area contributed by atoms with Crippen LogP contribution in [0.1, 0.15) is 11.1 Å². The van der Waals surface area contributed by atoms with Crippen molar-refractivity contribution in [1.82, 2.24) is 0 Å². The molecule has 0 aromatic heterocycles. The third kappa shape index (κ3) is 4.50. The molecule has 0 spiro atoms. The van der Waals surface area contributed by atoms with Crippen molar-refractivity contribution >= 4 is 0 Å². The first-order valence-corrected chi connectivity index (χ1v) is 6.05. The third-order valence-corrected chi connectivity index (χ3v) is 2.80. The van der Waals surface area contributed by atoms with E-state index in [1.54, 1.807) is 24.3 Å². The molecule has 0 bridgehead atoms. The van der Waals surface area contributed by atoms with Crippen molar-refractivity contribution in [1.29, 1.82) is 0 Å². The zero-order valence-electron chi connectivity index (χ0n) is 10.5. The number of hydrogen-bond acceptors (Lipinski definition) is 2. The van der Waals surface area contributed by atoms with Gasteiger partial charge in [0.2, 0.25) is 0 Å². The zero-order chi connectivity index (χ0) is 14.6. The van der Waals surface area contributed by atoms with Gasteiger partial charge in [-0.1, -0.05) is 24.3 Å². The van der Waals surface area contributed by atoms with Crippen molar-refractivity contribution in [2.45, 2.75) is 19.2 Å². The predicted octanol–water partition coefficient (Wildman–Crippen LogP) is 4.08. The fourth-order valence-electron chi connectivity index (χ4n) is 1.81. The number of benzene rings is 2. The van der Waals surface area contributed by atoms with E-state index in [9.17, 15) is 13.2 Å². The number of hydrogen-bond donors (Lipinski definition) is 1. The Morgan fingerprint density at radius 2 is 1.25 bits per heavy atom. The Kier molecular flexibility index (Phi) is 4.17. The van der Waals surface area contributed by atoms with Gasteiger partial charge in [0.05, 0.1) is 0 Å². The van der Waals surface area contributed by atoms with Crippen LogP contribution in [0.15, 0.2) is 48.5 Å². The van der Waals surface area contributed by atoms with E-state index in [0.717, 1.165) is 17.5 Å². The van der Waals surface area contributed by atoms with Crippen LogP contribution in [0, 0.1) is 0 Å². The highest BCUT2D eigenvalue weighted by molar-refractivity contribution is 5.30. The molecule has 0 radical (unpaired) electrons. The molecule has 0 saturated heterocycles. The monoisotopic (exact) mass is 282 g/mol. The highest BCUT2D eigenvalue weighted by Gasteiger charge is 2.30. The lowest BCUT2D eigenvalue weighted by Gasteiger charge is -2.09. The minimum absolute atomic E-state index is 0.211. The molecule has 0 amide bonds.